The van der Waals surface area contributed by atoms with E-state index in [0.29, 0.717) is 11.5 Å². The molecule has 1 aromatic heterocycles. The highest BCUT2D eigenvalue weighted by Crippen LogP contribution is 2.24. The van der Waals surface area contributed by atoms with Crippen LogP contribution in [0.3, 0.4) is 0 Å². The Hall–Kier alpha value is -0.870. The summed E-state index contributed by atoms with van der Waals surface area (Å²) in [6, 6.07) is 5.58. The molecule has 1 aromatic carbocycles. The third kappa shape index (κ3) is 1.13. The summed E-state index contributed by atoms with van der Waals surface area (Å²) in [6.07, 6.45) is 0. The molecule has 0 saturated carbocycles. The van der Waals surface area contributed by atoms with E-state index in [1.165, 1.54) is 0 Å². The first-order valence-electron chi connectivity index (χ1n) is 3.46. The van der Waals surface area contributed by atoms with Crippen molar-refractivity contribution in [3.63, 3.8) is 0 Å². The molecule has 0 unspecified atom stereocenters. The first-order chi connectivity index (χ1) is 5.81. The van der Waals surface area contributed by atoms with Gasteiger partial charge in [-0.2, -0.15) is 0 Å². The molecule has 4 heteroatoms. The molecule has 0 saturated heterocycles. The van der Waals surface area contributed by atoms with Crippen molar-refractivity contribution in [1.82, 2.24) is 4.98 Å². The number of aliphatic hydroxyl groups is 1. The maximum absolute atomic E-state index is 8.76. The molecule has 1 heterocycles. The van der Waals surface area contributed by atoms with Crippen LogP contribution in [0.1, 0.15) is 5.89 Å². The van der Waals surface area contributed by atoms with Crippen molar-refractivity contribution in [2.75, 3.05) is 0 Å². The van der Waals surface area contributed by atoms with Crippen LogP contribution >= 0.6 is 15.9 Å². The van der Waals surface area contributed by atoms with Crippen molar-refractivity contribution < 1.29 is 9.52 Å². The van der Waals surface area contributed by atoms with E-state index < -0.39 is 0 Å². The molecule has 12 heavy (non-hydrogen) atoms. The van der Waals surface area contributed by atoms with Gasteiger partial charge in [-0.15, -0.1) is 0 Å². The monoisotopic (exact) mass is 227 g/mol. The number of oxazole rings is 1. The second kappa shape index (κ2) is 2.88. The number of para-hydroxylation sites is 1. The van der Waals surface area contributed by atoms with E-state index >= 15 is 0 Å². The molecular formula is C8H6BrNO2. The van der Waals surface area contributed by atoms with Gasteiger partial charge in [-0.05, 0) is 28.1 Å². The molecule has 0 bridgehead atoms. The molecule has 0 aliphatic carbocycles. The molecule has 2 rings (SSSR count). The molecule has 0 amide bonds. The van der Waals surface area contributed by atoms with Gasteiger partial charge in [0, 0.05) is 0 Å². The SMILES string of the molecule is OCc1nc2cccc(Br)c2o1. The lowest BCUT2D eigenvalue weighted by atomic mass is 10.3. The Morgan fingerprint density at radius 3 is 3.00 bits per heavy atom. The van der Waals surface area contributed by atoms with Gasteiger partial charge in [0.25, 0.3) is 0 Å². The van der Waals surface area contributed by atoms with Gasteiger partial charge in [-0.3, -0.25) is 0 Å². The van der Waals surface area contributed by atoms with Crippen molar-refractivity contribution in [2.24, 2.45) is 0 Å². The van der Waals surface area contributed by atoms with Crippen LogP contribution in [0, 0.1) is 0 Å². The molecule has 1 N–H and O–H groups in total. The van der Waals surface area contributed by atoms with Crippen molar-refractivity contribution in [1.29, 1.82) is 0 Å². The largest absolute Gasteiger partial charge is 0.437 e. The number of hydrogen-bond acceptors (Lipinski definition) is 3. The molecule has 0 radical (unpaired) electrons. The zero-order valence-electron chi connectivity index (χ0n) is 6.12. The average molecular weight is 228 g/mol. The van der Waals surface area contributed by atoms with Gasteiger partial charge in [0.1, 0.15) is 12.1 Å². The number of nitrogens with zero attached hydrogens (tertiary/aromatic N) is 1. The topological polar surface area (TPSA) is 46.3 Å². The smallest absolute Gasteiger partial charge is 0.221 e. The molecule has 3 nitrogen and oxygen atoms in total. The lowest BCUT2D eigenvalue weighted by molar-refractivity contribution is 0.244. The second-order valence-electron chi connectivity index (χ2n) is 2.35. The van der Waals surface area contributed by atoms with Crippen molar-refractivity contribution >= 4 is 27.0 Å². The summed E-state index contributed by atoms with van der Waals surface area (Å²) in [5.74, 6) is 0.344. The van der Waals surface area contributed by atoms with Crippen molar-refractivity contribution in [3.8, 4) is 0 Å². The molecule has 0 atom stereocenters. The highest BCUT2D eigenvalue weighted by Gasteiger charge is 2.06. The number of aromatic nitrogens is 1. The Morgan fingerprint density at radius 2 is 2.33 bits per heavy atom. The zero-order chi connectivity index (χ0) is 8.55. The fourth-order valence-electron chi connectivity index (χ4n) is 1.03. The lowest BCUT2D eigenvalue weighted by Crippen LogP contribution is -1.78. The van der Waals surface area contributed by atoms with Crippen LogP contribution < -0.4 is 0 Å². The average Bonchev–Trinajstić information content (AvgIpc) is 2.49. The molecule has 0 spiro atoms. The van der Waals surface area contributed by atoms with E-state index in [4.69, 9.17) is 9.52 Å². The Kier molecular flexibility index (Phi) is 1.86. The quantitative estimate of drug-likeness (QED) is 0.812. The first kappa shape index (κ1) is 7.76. The zero-order valence-corrected chi connectivity index (χ0v) is 7.71. The van der Waals surface area contributed by atoms with Crippen LogP contribution in [0.2, 0.25) is 0 Å². The van der Waals surface area contributed by atoms with Gasteiger partial charge in [-0.1, -0.05) is 6.07 Å². The van der Waals surface area contributed by atoms with E-state index in [2.05, 4.69) is 20.9 Å². The van der Waals surface area contributed by atoms with E-state index in [1.807, 2.05) is 18.2 Å². The van der Waals surface area contributed by atoms with Gasteiger partial charge in [-0.25, -0.2) is 4.98 Å². The van der Waals surface area contributed by atoms with E-state index in [-0.39, 0.29) is 6.61 Å². The normalized spacial score (nSPS) is 10.8. The third-order valence-corrected chi connectivity index (χ3v) is 2.17. The number of rotatable bonds is 1. The second-order valence-corrected chi connectivity index (χ2v) is 3.21. The van der Waals surface area contributed by atoms with Gasteiger partial charge < -0.3 is 9.52 Å². The molecule has 2 aromatic rings. The molecule has 0 aliphatic heterocycles. The minimum Gasteiger partial charge on any atom is -0.437 e. The van der Waals surface area contributed by atoms with Crippen molar-refractivity contribution in [2.45, 2.75) is 6.61 Å². The molecular weight excluding hydrogens is 222 g/mol. The Balaban J connectivity index is 2.74. The van der Waals surface area contributed by atoms with Crippen LogP contribution in [-0.2, 0) is 6.61 Å². The summed E-state index contributed by atoms with van der Waals surface area (Å²) in [6.45, 7) is -0.166. The fourth-order valence-corrected chi connectivity index (χ4v) is 1.47. The molecule has 62 valence electrons. The van der Waals surface area contributed by atoms with Crippen LogP contribution in [0.25, 0.3) is 11.1 Å². The minimum atomic E-state index is -0.166. The third-order valence-electron chi connectivity index (χ3n) is 1.55. The Labute approximate surface area is 77.2 Å². The maximum atomic E-state index is 8.76. The predicted octanol–water partition coefficient (Wildman–Crippen LogP) is 2.08. The fraction of sp³-hybridized carbons (Fsp3) is 0.125. The lowest BCUT2D eigenvalue weighted by Gasteiger charge is -1.87. The maximum Gasteiger partial charge on any atom is 0.221 e. The number of benzene rings is 1. The summed E-state index contributed by atoms with van der Waals surface area (Å²) in [5.41, 5.74) is 1.44. The summed E-state index contributed by atoms with van der Waals surface area (Å²) in [5, 5.41) is 8.76. The Bertz CT molecular complexity index is 410. The summed E-state index contributed by atoms with van der Waals surface area (Å²) >= 11 is 3.32. The number of fused-ring (bicyclic) bond motifs is 1. The standard InChI is InChI=1S/C8H6BrNO2/c9-5-2-1-3-6-8(5)12-7(4-11)10-6/h1-3,11H,4H2. The van der Waals surface area contributed by atoms with E-state index in [9.17, 15) is 0 Å². The van der Waals surface area contributed by atoms with Gasteiger partial charge in [0.15, 0.2) is 5.58 Å². The predicted molar refractivity (Wildman–Crippen MR) is 47.6 cm³/mol. The van der Waals surface area contributed by atoms with Crippen LogP contribution in [0.4, 0.5) is 0 Å². The highest BCUT2D eigenvalue weighted by atomic mass is 79.9. The van der Waals surface area contributed by atoms with Gasteiger partial charge in [0.2, 0.25) is 5.89 Å². The van der Waals surface area contributed by atoms with Gasteiger partial charge in [0.05, 0.1) is 4.47 Å². The summed E-state index contributed by atoms with van der Waals surface area (Å²) in [7, 11) is 0. The summed E-state index contributed by atoms with van der Waals surface area (Å²) < 4.78 is 6.09. The number of halogens is 1. The van der Waals surface area contributed by atoms with Gasteiger partial charge >= 0.3 is 0 Å². The Morgan fingerprint density at radius 1 is 1.50 bits per heavy atom. The van der Waals surface area contributed by atoms with Crippen LogP contribution in [0.5, 0.6) is 0 Å². The number of aliphatic hydroxyl groups excluding tert-OH is 1. The number of hydrogen-bond donors (Lipinski definition) is 1. The van der Waals surface area contributed by atoms with Crippen molar-refractivity contribution in [3.05, 3.63) is 28.6 Å². The van der Waals surface area contributed by atoms with E-state index in [0.717, 1.165) is 9.99 Å². The highest BCUT2D eigenvalue weighted by molar-refractivity contribution is 9.10. The van der Waals surface area contributed by atoms with E-state index in [1.54, 1.807) is 0 Å². The molecule has 0 aliphatic rings. The summed E-state index contributed by atoms with van der Waals surface area (Å²) in [4.78, 5) is 4.05. The van der Waals surface area contributed by atoms with Crippen LogP contribution in [-0.4, -0.2) is 10.1 Å². The van der Waals surface area contributed by atoms with Crippen LogP contribution in [0.15, 0.2) is 27.1 Å². The molecule has 0 fully saturated rings. The first-order valence-corrected chi connectivity index (χ1v) is 4.25. The minimum absolute atomic E-state index is 0.166.